The number of ether oxygens (including phenoxy) is 1. The summed E-state index contributed by atoms with van der Waals surface area (Å²) in [5, 5.41) is 9.55. The van der Waals surface area contributed by atoms with Crippen molar-refractivity contribution >= 4 is 22.8 Å². The third-order valence-electron chi connectivity index (χ3n) is 6.18. The van der Waals surface area contributed by atoms with Crippen LogP contribution in [0.3, 0.4) is 0 Å². The van der Waals surface area contributed by atoms with Gasteiger partial charge in [0.25, 0.3) is 0 Å². The van der Waals surface area contributed by atoms with Gasteiger partial charge in [-0.3, -0.25) is 4.79 Å². The van der Waals surface area contributed by atoms with Crippen LogP contribution in [0.4, 0.5) is 4.39 Å². The molecule has 0 aromatic heterocycles. The van der Waals surface area contributed by atoms with Crippen LogP contribution in [0.15, 0.2) is 6.07 Å². The topological polar surface area (TPSA) is 110 Å². The van der Waals surface area contributed by atoms with Gasteiger partial charge >= 0.3 is 24.8 Å². The van der Waals surface area contributed by atoms with Crippen LogP contribution in [0.25, 0.3) is 0 Å². The number of carbonyl (C=O) groups excluding carboxylic acids is 2. The number of unbranched alkanes of at least 4 members (excludes halogenated alkanes) is 2. The van der Waals surface area contributed by atoms with E-state index in [1.807, 2.05) is 0 Å². The first-order valence-electron chi connectivity index (χ1n) is 10.4. The third-order valence-corrected chi connectivity index (χ3v) is 6.58. The Morgan fingerprint density at radius 2 is 2.00 bits per heavy atom. The molecule has 1 fully saturated rings. The summed E-state index contributed by atoms with van der Waals surface area (Å²) in [5.74, 6) is -0.664. The molecule has 0 radical (unpaired) electrons. The number of aromatic hydroxyl groups is 1. The minimum absolute atomic E-state index is 0. The molecule has 0 saturated heterocycles. The molecule has 174 valence electrons. The van der Waals surface area contributed by atoms with Crippen LogP contribution in [0.2, 0.25) is 0 Å². The van der Waals surface area contributed by atoms with E-state index in [-0.39, 0.29) is 36.4 Å². The van der Waals surface area contributed by atoms with Crippen molar-refractivity contribution in [2.24, 2.45) is 11.3 Å². The molecule has 1 aromatic carbocycles. The molecule has 1 aromatic rings. The van der Waals surface area contributed by atoms with Gasteiger partial charge in [-0.2, -0.15) is 0 Å². The molecule has 1 spiro atoms. The molecular weight excluding hydrogens is 432 g/mol. The summed E-state index contributed by atoms with van der Waals surface area (Å²) in [7, 11) is -1.08. The Bertz CT molecular complexity index is 870. The van der Waals surface area contributed by atoms with Crippen LogP contribution < -0.4 is 23.6 Å². The SMILES string of the molecule is COC(=O)CCCCCC1CC12CCc1cc(O)[c-]c(F)c1CC2.[CH2-]C(=O)N[S-](=O)=O.[Li+]. The minimum atomic E-state index is -2.51. The van der Waals surface area contributed by atoms with E-state index in [1.165, 1.54) is 24.7 Å². The fourth-order valence-electron chi connectivity index (χ4n) is 4.48. The Morgan fingerprint density at radius 3 is 2.59 bits per heavy atom. The number of rotatable bonds is 7. The van der Waals surface area contributed by atoms with Crippen molar-refractivity contribution in [1.29, 1.82) is 0 Å². The van der Waals surface area contributed by atoms with Crippen molar-refractivity contribution < 1.29 is 51.1 Å². The second-order valence-electron chi connectivity index (χ2n) is 8.17. The quantitative estimate of drug-likeness (QED) is 0.201. The number of phenolic OH excluding ortho intramolecular Hbond substituents is 1. The summed E-state index contributed by atoms with van der Waals surface area (Å²) in [6, 6.07) is 4.08. The molecule has 3 rings (SSSR count). The van der Waals surface area contributed by atoms with Crippen LogP contribution in [-0.4, -0.2) is 24.1 Å². The van der Waals surface area contributed by atoms with Gasteiger partial charge in [0.05, 0.1) is 13.0 Å². The number of carbonyl (C=O) groups is 2. The Hall–Kier alpha value is -1.69. The number of fused-ring (bicyclic) bond motifs is 1. The molecule has 7 nitrogen and oxygen atoms in total. The van der Waals surface area contributed by atoms with E-state index < -0.39 is 16.8 Å². The third kappa shape index (κ3) is 8.68. The Morgan fingerprint density at radius 1 is 1.31 bits per heavy atom. The first kappa shape index (κ1) is 28.3. The van der Waals surface area contributed by atoms with E-state index in [9.17, 15) is 27.5 Å². The van der Waals surface area contributed by atoms with Crippen LogP contribution in [0.5, 0.6) is 5.75 Å². The van der Waals surface area contributed by atoms with Gasteiger partial charge < -0.3 is 34.7 Å². The predicted molar refractivity (Wildman–Crippen MR) is 111 cm³/mol. The van der Waals surface area contributed by atoms with Gasteiger partial charge in [-0.25, -0.2) is 4.39 Å². The second kappa shape index (κ2) is 13.1. The summed E-state index contributed by atoms with van der Waals surface area (Å²) < 4.78 is 39.0. The van der Waals surface area contributed by atoms with Crippen LogP contribution in [0.1, 0.15) is 62.5 Å². The van der Waals surface area contributed by atoms with E-state index in [0.717, 1.165) is 62.0 Å². The van der Waals surface area contributed by atoms with Crippen LogP contribution in [0, 0.1) is 30.1 Å². The molecular formula is C22H29FLiNO6S-2. The number of esters is 1. The number of aryl methyl sites for hydroxylation is 1. The average Bonchev–Trinajstić information content (AvgIpc) is 3.40. The van der Waals surface area contributed by atoms with Gasteiger partial charge in [0.15, 0.2) is 0 Å². The Kier molecular flexibility index (Phi) is 11.6. The number of amides is 1. The molecule has 0 heterocycles. The maximum Gasteiger partial charge on any atom is 1.00 e. The first-order chi connectivity index (χ1) is 14.7. The normalized spacial score (nSPS) is 20.8. The average molecular weight is 461 g/mol. The minimum Gasteiger partial charge on any atom is -0.534 e. The van der Waals surface area contributed by atoms with Crippen LogP contribution in [-0.2, 0) is 46.5 Å². The van der Waals surface area contributed by atoms with Gasteiger partial charge in [0.1, 0.15) is 0 Å². The molecule has 2 unspecified atom stereocenters. The van der Waals surface area contributed by atoms with E-state index in [2.05, 4.69) is 17.7 Å². The standard InChI is InChI=1S/C20H26FO3.C2H3NO3S.Li/c1-24-19(23)6-4-2-3-5-15-13-20(15)9-7-14-11-16(22)12-18(21)17(14)8-10-20;1-2(4)3-7(5)6;/h11,15,22H,2-10,13H2,1H3;1H2,(H,3,4,5,6);/q-1;-2;+1. The van der Waals surface area contributed by atoms with E-state index >= 15 is 0 Å². The maximum absolute atomic E-state index is 14.0. The zero-order valence-electron chi connectivity index (χ0n) is 18.7. The van der Waals surface area contributed by atoms with Crippen molar-refractivity contribution in [2.75, 3.05) is 7.11 Å². The molecule has 1 saturated carbocycles. The number of nitrogens with one attached hydrogen (secondary N) is 1. The largest absolute Gasteiger partial charge is 1.00 e. The number of halogens is 1. The Balaban J connectivity index is 0.000000558. The number of phenols is 1. The van der Waals surface area contributed by atoms with E-state index in [0.29, 0.717) is 11.8 Å². The van der Waals surface area contributed by atoms with Crippen molar-refractivity contribution in [3.05, 3.63) is 36.0 Å². The predicted octanol–water partition coefficient (Wildman–Crippen LogP) is 0.505. The molecule has 0 bridgehead atoms. The number of methoxy groups -OCH3 is 1. The van der Waals surface area contributed by atoms with Gasteiger partial charge in [0.2, 0.25) is 0 Å². The summed E-state index contributed by atoms with van der Waals surface area (Å²) in [6.07, 6.45) is 9.84. The molecule has 2 atom stereocenters. The van der Waals surface area contributed by atoms with Crippen molar-refractivity contribution in [3.63, 3.8) is 0 Å². The summed E-state index contributed by atoms with van der Waals surface area (Å²) in [5.41, 5.74) is 2.10. The van der Waals surface area contributed by atoms with Gasteiger partial charge in [0, 0.05) is 28.9 Å². The van der Waals surface area contributed by atoms with Crippen molar-refractivity contribution in [2.45, 2.75) is 64.2 Å². The number of hydrogen-bond donors (Lipinski definition) is 2. The fraction of sp³-hybridized carbons (Fsp3) is 0.591. The van der Waals surface area contributed by atoms with E-state index in [4.69, 9.17) is 0 Å². The molecule has 10 heteroatoms. The van der Waals surface area contributed by atoms with Gasteiger partial charge in [-0.1, -0.05) is 25.7 Å². The summed E-state index contributed by atoms with van der Waals surface area (Å²) >= 11 is 0. The zero-order valence-corrected chi connectivity index (χ0v) is 19.5. The fourth-order valence-corrected chi connectivity index (χ4v) is 4.66. The first-order valence-corrected chi connectivity index (χ1v) is 11.5. The van der Waals surface area contributed by atoms with Crippen molar-refractivity contribution in [1.82, 2.24) is 4.72 Å². The monoisotopic (exact) mass is 461 g/mol. The Labute approximate surface area is 202 Å². The maximum atomic E-state index is 14.0. The number of hydrogen-bond acceptors (Lipinski definition) is 7. The van der Waals surface area contributed by atoms with Gasteiger partial charge in [-0.15, -0.1) is 23.3 Å². The van der Waals surface area contributed by atoms with E-state index in [1.54, 1.807) is 6.07 Å². The summed E-state index contributed by atoms with van der Waals surface area (Å²) in [6.45, 7) is 2.74. The molecule has 1 amide bonds. The van der Waals surface area contributed by atoms with Crippen molar-refractivity contribution in [3.8, 4) is 5.75 Å². The summed E-state index contributed by atoms with van der Waals surface area (Å²) in [4.78, 5) is 20.7. The number of benzene rings is 1. The van der Waals surface area contributed by atoms with Crippen LogP contribution >= 0.6 is 0 Å². The molecule has 0 aliphatic heterocycles. The molecule has 32 heavy (non-hydrogen) atoms. The molecule has 2 aliphatic rings. The smallest absolute Gasteiger partial charge is 0.534 e. The molecule has 2 N–H and O–H groups in total. The molecule has 2 aliphatic carbocycles. The second-order valence-corrected chi connectivity index (χ2v) is 8.84. The zero-order chi connectivity index (χ0) is 23.0. The van der Waals surface area contributed by atoms with Gasteiger partial charge in [-0.05, 0) is 43.4 Å².